The highest BCUT2D eigenvalue weighted by Gasteiger charge is 2.15. The number of aliphatic hydroxyl groups is 1. The van der Waals surface area contributed by atoms with Crippen molar-refractivity contribution in [1.82, 2.24) is 0 Å². The van der Waals surface area contributed by atoms with E-state index < -0.39 is 6.10 Å². The molecule has 0 aliphatic heterocycles. The number of hydrogen-bond acceptors (Lipinski definition) is 3. The van der Waals surface area contributed by atoms with E-state index in [0.717, 1.165) is 13.1 Å². The summed E-state index contributed by atoms with van der Waals surface area (Å²) in [4.78, 5) is 0. The Balaban J connectivity index is 2.60. The molecule has 2 nitrogen and oxygen atoms in total. The van der Waals surface area contributed by atoms with Crippen LogP contribution in [0.4, 0.5) is 0 Å². The summed E-state index contributed by atoms with van der Waals surface area (Å²) in [6.07, 6.45) is -0.417. The molecule has 0 aliphatic carbocycles. The normalized spacial score (nSPS) is 13.6. The van der Waals surface area contributed by atoms with Gasteiger partial charge < -0.3 is 9.84 Å². The zero-order valence-corrected chi connectivity index (χ0v) is 11.9. The highest BCUT2D eigenvalue weighted by Crippen LogP contribution is 2.35. The fourth-order valence-electron chi connectivity index (χ4n) is 0.954. The van der Waals surface area contributed by atoms with Gasteiger partial charge in [0.2, 0.25) is 0 Å². The molecule has 0 aliphatic rings. The molecule has 14 heavy (non-hydrogen) atoms. The molecule has 80 valence electrons. The van der Waals surface area contributed by atoms with Gasteiger partial charge in [0.05, 0.1) is 20.3 Å². The Kier molecular flexibility index (Phi) is 5.06. The Hall–Kier alpha value is 0.580. The third kappa shape index (κ3) is 3.62. The number of ether oxygens (including phenoxy) is 1. The molecule has 0 radical (unpaired) electrons. The van der Waals surface area contributed by atoms with Crippen LogP contribution in [-0.4, -0.2) is 17.8 Å². The van der Waals surface area contributed by atoms with Crippen LogP contribution in [0.15, 0.2) is 13.6 Å². The summed E-state index contributed by atoms with van der Waals surface area (Å²) in [6.45, 7) is 4.23. The molecule has 1 rings (SSSR count). The summed E-state index contributed by atoms with van der Waals surface area (Å²) in [6, 6.07) is 1.91. The van der Waals surface area contributed by atoms with Crippen LogP contribution >= 0.6 is 43.2 Å². The molecule has 0 fully saturated rings. The molecule has 0 aromatic carbocycles. The second-order valence-corrected chi connectivity index (χ2v) is 6.93. The number of rotatable bonds is 4. The van der Waals surface area contributed by atoms with E-state index >= 15 is 0 Å². The molecule has 1 heterocycles. The highest BCUT2D eigenvalue weighted by molar-refractivity contribution is 9.12. The van der Waals surface area contributed by atoms with Gasteiger partial charge in [-0.05, 0) is 51.8 Å². The minimum absolute atomic E-state index is 0.144. The average molecular weight is 344 g/mol. The van der Waals surface area contributed by atoms with Gasteiger partial charge >= 0.3 is 0 Å². The van der Waals surface area contributed by atoms with Gasteiger partial charge in [0.1, 0.15) is 6.10 Å². The third-order valence-electron chi connectivity index (χ3n) is 1.63. The van der Waals surface area contributed by atoms with Gasteiger partial charge in [-0.1, -0.05) is 0 Å². The summed E-state index contributed by atoms with van der Waals surface area (Å²) in [5.74, 6) is 0. The van der Waals surface area contributed by atoms with Crippen molar-refractivity contribution in [3.63, 3.8) is 0 Å². The van der Waals surface area contributed by atoms with E-state index in [1.807, 2.05) is 19.9 Å². The summed E-state index contributed by atoms with van der Waals surface area (Å²) in [7, 11) is 0. The van der Waals surface area contributed by atoms with E-state index in [1.165, 1.54) is 0 Å². The number of thiophene rings is 1. The minimum Gasteiger partial charge on any atom is -0.386 e. The maximum Gasteiger partial charge on any atom is 0.104 e. The van der Waals surface area contributed by atoms with Crippen molar-refractivity contribution in [3.05, 3.63) is 19.2 Å². The first kappa shape index (κ1) is 12.6. The molecule has 1 unspecified atom stereocenters. The number of hydrogen-bond donors (Lipinski definition) is 1. The molecule has 0 saturated carbocycles. The van der Waals surface area contributed by atoms with Crippen LogP contribution in [-0.2, 0) is 4.74 Å². The number of aliphatic hydroxyl groups excluding tert-OH is 1. The van der Waals surface area contributed by atoms with Gasteiger partial charge in [-0.3, -0.25) is 0 Å². The molecule has 0 amide bonds. The van der Waals surface area contributed by atoms with Gasteiger partial charge in [0.15, 0.2) is 0 Å². The minimum atomic E-state index is -0.561. The van der Waals surface area contributed by atoms with E-state index in [1.54, 1.807) is 11.3 Å². The van der Waals surface area contributed by atoms with Crippen molar-refractivity contribution in [1.29, 1.82) is 0 Å². The molecule has 1 aromatic heterocycles. The lowest BCUT2D eigenvalue weighted by molar-refractivity contribution is 0.00483. The molecule has 1 N–H and O–H groups in total. The third-order valence-corrected chi connectivity index (χ3v) is 4.02. The topological polar surface area (TPSA) is 29.5 Å². The molecule has 1 atom stereocenters. The first-order valence-corrected chi connectivity index (χ1v) is 6.65. The molecule has 5 heteroatoms. The quantitative estimate of drug-likeness (QED) is 0.902. The van der Waals surface area contributed by atoms with Crippen LogP contribution in [0, 0.1) is 0 Å². The van der Waals surface area contributed by atoms with Crippen LogP contribution in [0.1, 0.15) is 25.5 Å². The van der Waals surface area contributed by atoms with Crippen LogP contribution in [0.25, 0.3) is 0 Å². The predicted molar refractivity (Wildman–Crippen MR) is 65.8 cm³/mol. The van der Waals surface area contributed by atoms with Crippen molar-refractivity contribution < 1.29 is 9.84 Å². The molecule has 0 spiro atoms. The maximum absolute atomic E-state index is 9.79. The highest BCUT2D eigenvalue weighted by atomic mass is 79.9. The smallest absolute Gasteiger partial charge is 0.104 e. The van der Waals surface area contributed by atoms with E-state index in [4.69, 9.17) is 4.74 Å². The standard InChI is InChI=1S/C9H12Br2O2S/c1-5(2)13-4-7(12)6-3-8(10)14-9(6)11/h3,5,7,12H,4H2,1-2H3. The SMILES string of the molecule is CC(C)OCC(O)c1cc(Br)sc1Br. The van der Waals surface area contributed by atoms with Crippen molar-refractivity contribution >= 4 is 43.2 Å². The van der Waals surface area contributed by atoms with E-state index in [0.29, 0.717) is 6.61 Å². The summed E-state index contributed by atoms with van der Waals surface area (Å²) in [5, 5.41) is 9.79. The van der Waals surface area contributed by atoms with Gasteiger partial charge in [-0.15, -0.1) is 11.3 Å². The predicted octanol–water partition coefficient (Wildman–Crippen LogP) is 3.73. The Bertz CT molecular complexity index is 299. The lowest BCUT2D eigenvalue weighted by Gasteiger charge is -2.12. The first-order chi connectivity index (χ1) is 6.50. The maximum atomic E-state index is 9.79. The molecular weight excluding hydrogens is 332 g/mol. The summed E-state index contributed by atoms with van der Waals surface area (Å²) >= 11 is 8.32. The largest absolute Gasteiger partial charge is 0.386 e. The fourth-order valence-corrected chi connectivity index (χ4v) is 3.91. The average Bonchev–Trinajstić information content (AvgIpc) is 2.41. The molecule has 0 bridgehead atoms. The first-order valence-electron chi connectivity index (χ1n) is 4.25. The van der Waals surface area contributed by atoms with Crippen molar-refractivity contribution in [2.24, 2.45) is 0 Å². The van der Waals surface area contributed by atoms with Crippen molar-refractivity contribution in [2.45, 2.75) is 26.1 Å². The lowest BCUT2D eigenvalue weighted by atomic mass is 10.2. The van der Waals surface area contributed by atoms with Crippen LogP contribution in [0.5, 0.6) is 0 Å². The second-order valence-electron chi connectivity index (χ2n) is 3.18. The monoisotopic (exact) mass is 342 g/mol. The van der Waals surface area contributed by atoms with Gasteiger partial charge in [0.25, 0.3) is 0 Å². The molecule has 0 saturated heterocycles. The lowest BCUT2D eigenvalue weighted by Crippen LogP contribution is -2.11. The molecule has 1 aromatic rings. The van der Waals surface area contributed by atoms with E-state index in [2.05, 4.69) is 31.9 Å². The Labute approximate surface area is 105 Å². The van der Waals surface area contributed by atoms with Crippen LogP contribution < -0.4 is 0 Å². The Morgan fingerprint density at radius 3 is 2.57 bits per heavy atom. The number of halogens is 2. The zero-order valence-electron chi connectivity index (χ0n) is 7.96. The summed E-state index contributed by atoms with van der Waals surface area (Å²) < 4.78 is 7.29. The summed E-state index contributed by atoms with van der Waals surface area (Å²) in [5.41, 5.74) is 0.877. The van der Waals surface area contributed by atoms with Gasteiger partial charge in [-0.25, -0.2) is 0 Å². The van der Waals surface area contributed by atoms with Crippen LogP contribution in [0.3, 0.4) is 0 Å². The Morgan fingerprint density at radius 2 is 2.14 bits per heavy atom. The van der Waals surface area contributed by atoms with Gasteiger partial charge in [0, 0.05) is 5.56 Å². The van der Waals surface area contributed by atoms with E-state index in [9.17, 15) is 5.11 Å². The Morgan fingerprint density at radius 1 is 1.50 bits per heavy atom. The van der Waals surface area contributed by atoms with Crippen molar-refractivity contribution in [3.8, 4) is 0 Å². The fraction of sp³-hybridized carbons (Fsp3) is 0.556. The second kappa shape index (κ2) is 5.61. The van der Waals surface area contributed by atoms with Crippen molar-refractivity contribution in [2.75, 3.05) is 6.61 Å². The van der Waals surface area contributed by atoms with Gasteiger partial charge in [-0.2, -0.15) is 0 Å². The molecular formula is C9H12Br2O2S. The zero-order chi connectivity index (χ0) is 10.7. The van der Waals surface area contributed by atoms with E-state index in [-0.39, 0.29) is 6.10 Å². The van der Waals surface area contributed by atoms with Crippen LogP contribution in [0.2, 0.25) is 0 Å².